The van der Waals surface area contributed by atoms with Crippen LogP contribution in [0.5, 0.6) is 11.5 Å². The first-order chi connectivity index (χ1) is 11.2. The third kappa shape index (κ3) is 3.85. The summed E-state index contributed by atoms with van der Waals surface area (Å²) >= 11 is 13.6. The molecule has 0 spiro atoms. The molecule has 0 fully saturated rings. The summed E-state index contributed by atoms with van der Waals surface area (Å²) in [5.41, 5.74) is 2.12. The second-order valence-electron chi connectivity index (χ2n) is 4.87. The van der Waals surface area contributed by atoms with Crippen molar-refractivity contribution in [1.29, 1.82) is 0 Å². The Morgan fingerprint density at radius 1 is 1.13 bits per heavy atom. The van der Waals surface area contributed by atoms with Gasteiger partial charge in [-0.05, 0) is 37.4 Å². The topological polar surface area (TPSA) is 34.2 Å². The van der Waals surface area contributed by atoms with E-state index < -0.39 is 0 Å². The van der Waals surface area contributed by atoms with Gasteiger partial charge in [-0.3, -0.25) is 0 Å². The van der Waals surface area contributed by atoms with Crippen LogP contribution in [0.1, 0.15) is 5.56 Å². The van der Waals surface area contributed by atoms with Crippen molar-refractivity contribution < 1.29 is 4.74 Å². The molecule has 0 amide bonds. The van der Waals surface area contributed by atoms with E-state index in [0.29, 0.717) is 22.3 Å². The van der Waals surface area contributed by atoms with Crippen LogP contribution in [0.3, 0.4) is 0 Å². The van der Waals surface area contributed by atoms with Crippen LogP contribution in [0, 0.1) is 0 Å². The van der Waals surface area contributed by atoms with Gasteiger partial charge in [0.15, 0.2) is 0 Å². The van der Waals surface area contributed by atoms with Crippen LogP contribution in [0.4, 0.5) is 0 Å². The predicted molar refractivity (Wildman–Crippen MR) is 96.8 cm³/mol. The largest absolute Gasteiger partial charge is 0.457 e. The highest BCUT2D eigenvalue weighted by Gasteiger charge is 2.10. The van der Waals surface area contributed by atoms with Crippen LogP contribution in [-0.2, 0) is 6.54 Å². The molecule has 2 aromatic carbocycles. The van der Waals surface area contributed by atoms with Gasteiger partial charge in [-0.1, -0.05) is 23.2 Å². The third-order valence-electron chi connectivity index (χ3n) is 3.23. The molecule has 3 rings (SSSR count). The first-order valence-corrected chi connectivity index (χ1v) is 8.61. The molecule has 0 atom stereocenters. The molecule has 118 valence electrons. The number of ether oxygens (including phenoxy) is 1. The van der Waals surface area contributed by atoms with Gasteiger partial charge in [0.25, 0.3) is 0 Å². The number of aromatic nitrogens is 1. The Kier molecular flexibility index (Phi) is 5.18. The lowest BCUT2D eigenvalue weighted by atomic mass is 10.1. The summed E-state index contributed by atoms with van der Waals surface area (Å²) in [7, 11) is 1.90. The van der Waals surface area contributed by atoms with Gasteiger partial charge in [-0.2, -0.15) is 0 Å². The summed E-state index contributed by atoms with van der Waals surface area (Å²) < 4.78 is 5.97. The van der Waals surface area contributed by atoms with Crippen molar-refractivity contribution in [2.75, 3.05) is 7.05 Å². The highest BCUT2D eigenvalue weighted by atomic mass is 35.5. The molecule has 0 aliphatic rings. The number of benzene rings is 2. The highest BCUT2D eigenvalue weighted by molar-refractivity contribution is 7.13. The smallest absolute Gasteiger partial charge is 0.131 e. The van der Waals surface area contributed by atoms with Crippen LogP contribution in [0.2, 0.25) is 10.0 Å². The van der Waals surface area contributed by atoms with Gasteiger partial charge in [0.2, 0.25) is 0 Å². The first kappa shape index (κ1) is 16.3. The number of nitrogens with one attached hydrogen (secondary N) is 1. The number of hydrogen-bond donors (Lipinski definition) is 1. The molecule has 0 bridgehead atoms. The summed E-state index contributed by atoms with van der Waals surface area (Å²) in [6.45, 7) is 0.690. The van der Waals surface area contributed by atoms with Gasteiger partial charge in [-0.15, -0.1) is 11.3 Å². The molecule has 0 aliphatic carbocycles. The number of halogens is 2. The lowest BCUT2D eigenvalue weighted by molar-refractivity contribution is 0.474. The molecule has 0 saturated heterocycles. The standard InChI is InChI=1S/C17H14Cl2N2OS/c1-20-10-12-8-11(17-21-6-7-23-17)2-5-16(12)22-13-3-4-14(18)15(19)9-13/h2-9,20H,10H2,1H3. The minimum Gasteiger partial charge on any atom is -0.457 e. The highest BCUT2D eigenvalue weighted by Crippen LogP contribution is 2.33. The molecule has 0 unspecified atom stereocenters. The number of rotatable bonds is 5. The minimum absolute atomic E-state index is 0.471. The van der Waals surface area contributed by atoms with E-state index in [9.17, 15) is 0 Å². The van der Waals surface area contributed by atoms with E-state index in [1.54, 1.807) is 35.7 Å². The Bertz CT molecular complexity index is 806. The Morgan fingerprint density at radius 3 is 2.70 bits per heavy atom. The Hall–Kier alpha value is -1.59. The van der Waals surface area contributed by atoms with Crippen LogP contribution in [0.15, 0.2) is 48.0 Å². The zero-order valence-electron chi connectivity index (χ0n) is 12.3. The maximum atomic E-state index is 6.04. The Balaban J connectivity index is 1.93. The van der Waals surface area contributed by atoms with Crippen LogP contribution >= 0.6 is 34.5 Å². The molecule has 0 saturated carbocycles. The van der Waals surface area contributed by atoms with Gasteiger partial charge in [-0.25, -0.2) is 4.98 Å². The molecule has 23 heavy (non-hydrogen) atoms. The van der Waals surface area contributed by atoms with E-state index in [4.69, 9.17) is 27.9 Å². The Labute approximate surface area is 148 Å². The molecular formula is C17H14Cl2N2OS. The second kappa shape index (κ2) is 7.32. The van der Waals surface area contributed by atoms with E-state index in [2.05, 4.69) is 16.4 Å². The van der Waals surface area contributed by atoms with Crippen molar-refractivity contribution in [1.82, 2.24) is 10.3 Å². The van der Waals surface area contributed by atoms with Crippen molar-refractivity contribution in [3.05, 3.63) is 63.6 Å². The van der Waals surface area contributed by atoms with Crippen LogP contribution < -0.4 is 10.1 Å². The van der Waals surface area contributed by atoms with Crippen LogP contribution in [-0.4, -0.2) is 12.0 Å². The first-order valence-electron chi connectivity index (χ1n) is 6.97. The Morgan fingerprint density at radius 2 is 2.00 bits per heavy atom. The van der Waals surface area contributed by atoms with Gasteiger partial charge in [0.05, 0.1) is 10.0 Å². The van der Waals surface area contributed by atoms with E-state index >= 15 is 0 Å². The van der Waals surface area contributed by atoms with Gasteiger partial charge in [0.1, 0.15) is 16.5 Å². The molecule has 6 heteroatoms. The summed E-state index contributed by atoms with van der Waals surface area (Å²) in [5.74, 6) is 1.43. The second-order valence-corrected chi connectivity index (χ2v) is 6.58. The minimum atomic E-state index is 0.471. The lowest BCUT2D eigenvalue weighted by Gasteiger charge is -2.13. The lowest BCUT2D eigenvalue weighted by Crippen LogP contribution is -2.06. The van der Waals surface area contributed by atoms with Gasteiger partial charge < -0.3 is 10.1 Å². The predicted octanol–water partition coefficient (Wildman–Crippen LogP) is 5.63. The summed E-state index contributed by atoms with van der Waals surface area (Å²) in [4.78, 5) is 4.35. The fourth-order valence-corrected chi connectivity index (χ4v) is 3.10. The number of nitrogens with zero attached hydrogens (tertiary/aromatic N) is 1. The van der Waals surface area contributed by atoms with E-state index in [1.807, 2.05) is 24.6 Å². The molecule has 0 aliphatic heterocycles. The molecule has 1 aromatic heterocycles. The molecule has 1 N–H and O–H groups in total. The molecule has 0 radical (unpaired) electrons. The van der Waals surface area contributed by atoms with Gasteiger partial charge in [0, 0.05) is 35.3 Å². The quantitative estimate of drug-likeness (QED) is 0.636. The zero-order valence-corrected chi connectivity index (χ0v) is 14.7. The average molecular weight is 365 g/mol. The monoisotopic (exact) mass is 364 g/mol. The fourth-order valence-electron chi connectivity index (χ4n) is 2.17. The maximum absolute atomic E-state index is 6.04. The van der Waals surface area contributed by atoms with Crippen molar-refractivity contribution in [2.24, 2.45) is 0 Å². The SMILES string of the molecule is CNCc1cc(-c2nccs2)ccc1Oc1ccc(Cl)c(Cl)c1. The van der Waals surface area contributed by atoms with Crippen molar-refractivity contribution in [3.8, 4) is 22.1 Å². The molecular weight excluding hydrogens is 351 g/mol. The normalized spacial score (nSPS) is 10.7. The summed E-state index contributed by atoms with van der Waals surface area (Å²) in [6.07, 6.45) is 1.80. The zero-order chi connectivity index (χ0) is 16.2. The maximum Gasteiger partial charge on any atom is 0.131 e. The van der Waals surface area contributed by atoms with E-state index in [1.165, 1.54) is 0 Å². The van der Waals surface area contributed by atoms with Crippen LogP contribution in [0.25, 0.3) is 10.6 Å². The van der Waals surface area contributed by atoms with Crippen molar-refractivity contribution in [3.63, 3.8) is 0 Å². The number of thiazole rings is 1. The van der Waals surface area contributed by atoms with E-state index in [0.717, 1.165) is 21.9 Å². The fraction of sp³-hybridized carbons (Fsp3) is 0.118. The number of hydrogen-bond acceptors (Lipinski definition) is 4. The van der Waals surface area contributed by atoms with Crippen molar-refractivity contribution >= 4 is 34.5 Å². The summed E-state index contributed by atoms with van der Waals surface area (Å²) in [6, 6.07) is 11.3. The van der Waals surface area contributed by atoms with Crippen molar-refractivity contribution in [2.45, 2.75) is 6.54 Å². The third-order valence-corrected chi connectivity index (χ3v) is 4.79. The van der Waals surface area contributed by atoms with Gasteiger partial charge >= 0.3 is 0 Å². The summed E-state index contributed by atoms with van der Waals surface area (Å²) in [5, 5.41) is 7.09. The molecule has 3 nitrogen and oxygen atoms in total. The van der Waals surface area contributed by atoms with E-state index in [-0.39, 0.29) is 0 Å². The molecule has 1 heterocycles. The molecule has 3 aromatic rings. The average Bonchev–Trinajstić information content (AvgIpc) is 3.07.